The number of nitrogens with zero attached hydrogens (tertiary/aromatic N) is 2. The summed E-state index contributed by atoms with van der Waals surface area (Å²) in [5, 5.41) is 9.41. The second-order valence-electron chi connectivity index (χ2n) is 7.99. The minimum absolute atomic E-state index is 0. The molecular weight excluding hydrogens is 545 g/mol. The minimum atomic E-state index is -0.240. The summed E-state index contributed by atoms with van der Waals surface area (Å²) in [5.41, 5.74) is 0.431. The van der Waals surface area contributed by atoms with Gasteiger partial charge in [-0.05, 0) is 30.4 Å². The maximum Gasteiger partial charge on any atom is 0.252 e. The van der Waals surface area contributed by atoms with E-state index in [0.717, 1.165) is 6.42 Å². The molecule has 2 fully saturated rings. The number of nitrogens with one attached hydrogen (secondary N) is 3. The van der Waals surface area contributed by atoms with Crippen molar-refractivity contribution >= 4 is 59.3 Å². The van der Waals surface area contributed by atoms with Crippen LogP contribution in [0.15, 0.2) is 41.4 Å². The molecule has 1 saturated carbocycles. The van der Waals surface area contributed by atoms with Crippen LogP contribution in [-0.4, -0.2) is 61.8 Å². The molecule has 8 nitrogen and oxygen atoms in total. The number of likely N-dealkylation sites (tertiary alicyclic amines) is 1. The third kappa shape index (κ3) is 4.78. The number of fused-ring (bicyclic) bond motifs is 5. The number of benzene rings is 1. The number of amides is 3. The molecule has 3 N–H and O–H groups in total. The van der Waals surface area contributed by atoms with Gasteiger partial charge in [-0.15, -0.1) is 24.0 Å². The molecule has 1 aromatic rings. The van der Waals surface area contributed by atoms with E-state index in [2.05, 4.69) is 33.1 Å². The Morgan fingerprint density at radius 3 is 2.25 bits per heavy atom. The molecule has 1 aliphatic heterocycles. The van der Waals surface area contributed by atoms with Crippen molar-refractivity contribution in [2.45, 2.75) is 6.42 Å². The zero-order valence-corrected chi connectivity index (χ0v) is 20.8. The summed E-state index contributed by atoms with van der Waals surface area (Å²) in [4.78, 5) is 43.1. The zero-order chi connectivity index (χ0) is 22.0. The van der Waals surface area contributed by atoms with Gasteiger partial charge in [-0.25, -0.2) is 0 Å². The van der Waals surface area contributed by atoms with Crippen molar-refractivity contribution in [2.75, 3.05) is 33.2 Å². The Balaban J connectivity index is 0.00000289. The van der Waals surface area contributed by atoms with Gasteiger partial charge in [-0.3, -0.25) is 24.3 Å². The number of carbonyl (C=O) groups is 3. The van der Waals surface area contributed by atoms with Crippen molar-refractivity contribution in [1.82, 2.24) is 20.9 Å². The molecule has 4 unspecified atom stereocenters. The minimum Gasteiger partial charge on any atom is -0.355 e. The number of halogens is 2. The van der Waals surface area contributed by atoms with Crippen molar-refractivity contribution in [3.8, 4) is 0 Å². The van der Waals surface area contributed by atoms with E-state index in [-0.39, 0.29) is 65.4 Å². The van der Waals surface area contributed by atoms with Crippen LogP contribution in [0.5, 0.6) is 0 Å². The van der Waals surface area contributed by atoms with Crippen molar-refractivity contribution in [3.63, 3.8) is 0 Å². The topological polar surface area (TPSA) is 103 Å². The lowest BCUT2D eigenvalue weighted by atomic mass is 9.85. The van der Waals surface area contributed by atoms with E-state index in [9.17, 15) is 14.4 Å². The third-order valence-electron chi connectivity index (χ3n) is 6.23. The van der Waals surface area contributed by atoms with Gasteiger partial charge in [-0.1, -0.05) is 35.9 Å². The maximum atomic E-state index is 12.7. The highest BCUT2D eigenvalue weighted by molar-refractivity contribution is 14.0. The smallest absolute Gasteiger partial charge is 0.252 e. The second kappa shape index (κ2) is 10.7. The average Bonchev–Trinajstić information content (AvgIpc) is 3.45. The lowest BCUT2D eigenvalue weighted by Gasteiger charge is -2.18. The highest BCUT2D eigenvalue weighted by Gasteiger charge is 2.58. The molecule has 2 bridgehead atoms. The van der Waals surface area contributed by atoms with Gasteiger partial charge >= 0.3 is 0 Å². The quantitative estimate of drug-likeness (QED) is 0.115. The Labute approximate surface area is 209 Å². The van der Waals surface area contributed by atoms with Crippen LogP contribution < -0.4 is 16.0 Å². The highest BCUT2D eigenvalue weighted by Crippen LogP contribution is 2.52. The van der Waals surface area contributed by atoms with E-state index in [4.69, 9.17) is 11.6 Å². The Hall–Kier alpha value is -2.14. The van der Waals surface area contributed by atoms with E-state index < -0.39 is 0 Å². The number of guanidine groups is 1. The van der Waals surface area contributed by atoms with Gasteiger partial charge in [0.2, 0.25) is 11.8 Å². The van der Waals surface area contributed by atoms with E-state index in [1.54, 1.807) is 31.3 Å². The average molecular weight is 572 g/mol. The molecule has 0 aromatic heterocycles. The number of aliphatic imine (C=N–C) groups is 1. The van der Waals surface area contributed by atoms with E-state index in [1.165, 1.54) is 4.90 Å². The molecule has 1 saturated heterocycles. The summed E-state index contributed by atoms with van der Waals surface area (Å²) in [7, 11) is 1.64. The van der Waals surface area contributed by atoms with Crippen LogP contribution in [0.25, 0.3) is 0 Å². The predicted octanol–water partition coefficient (Wildman–Crippen LogP) is 1.66. The van der Waals surface area contributed by atoms with E-state index in [1.807, 2.05) is 0 Å². The molecule has 1 heterocycles. The summed E-state index contributed by atoms with van der Waals surface area (Å²) in [6.07, 6.45) is 5.12. The van der Waals surface area contributed by atoms with Gasteiger partial charge < -0.3 is 16.0 Å². The first-order valence-corrected chi connectivity index (χ1v) is 10.9. The lowest BCUT2D eigenvalue weighted by Crippen LogP contribution is -2.45. The SMILES string of the molecule is CN=C(NCCNC(=O)c1ccccc1Cl)NCCN1C(=O)C2C3C=CC(C3)C2C1=O.I. The van der Waals surface area contributed by atoms with Gasteiger partial charge in [0.15, 0.2) is 5.96 Å². The van der Waals surface area contributed by atoms with Crippen LogP contribution in [0.4, 0.5) is 0 Å². The number of rotatable bonds is 7. The molecule has 4 rings (SSSR count). The first-order valence-electron chi connectivity index (χ1n) is 10.5. The van der Waals surface area contributed by atoms with E-state index in [0.29, 0.717) is 42.7 Å². The Morgan fingerprint density at radius 1 is 1.03 bits per heavy atom. The fraction of sp³-hybridized carbons (Fsp3) is 0.455. The first kappa shape index (κ1) is 24.5. The lowest BCUT2D eigenvalue weighted by molar-refractivity contribution is -0.140. The number of hydrogen-bond acceptors (Lipinski definition) is 4. The van der Waals surface area contributed by atoms with Crippen LogP contribution >= 0.6 is 35.6 Å². The second-order valence-corrected chi connectivity index (χ2v) is 8.40. The molecule has 172 valence electrons. The zero-order valence-electron chi connectivity index (χ0n) is 17.7. The van der Waals surface area contributed by atoms with Gasteiger partial charge in [0.05, 0.1) is 22.4 Å². The van der Waals surface area contributed by atoms with Crippen molar-refractivity contribution < 1.29 is 14.4 Å². The fourth-order valence-corrected chi connectivity index (χ4v) is 5.01. The Morgan fingerprint density at radius 2 is 1.62 bits per heavy atom. The monoisotopic (exact) mass is 571 g/mol. The van der Waals surface area contributed by atoms with E-state index >= 15 is 0 Å². The summed E-state index contributed by atoms with van der Waals surface area (Å²) >= 11 is 6.03. The summed E-state index contributed by atoms with van der Waals surface area (Å²) < 4.78 is 0. The Kier molecular flexibility index (Phi) is 8.16. The third-order valence-corrected chi connectivity index (χ3v) is 6.56. The fourth-order valence-electron chi connectivity index (χ4n) is 4.79. The number of hydrogen-bond donors (Lipinski definition) is 3. The van der Waals surface area contributed by atoms with Gasteiger partial charge in [0.1, 0.15) is 0 Å². The largest absolute Gasteiger partial charge is 0.355 e. The number of carbonyl (C=O) groups excluding carboxylic acids is 3. The predicted molar refractivity (Wildman–Crippen MR) is 133 cm³/mol. The molecule has 3 amide bonds. The molecule has 1 aromatic carbocycles. The molecule has 3 aliphatic rings. The van der Waals surface area contributed by atoms with Crippen LogP contribution in [0.3, 0.4) is 0 Å². The molecule has 10 heteroatoms. The van der Waals surface area contributed by atoms with Crippen molar-refractivity contribution in [3.05, 3.63) is 47.0 Å². The first-order chi connectivity index (χ1) is 15.0. The summed E-state index contributed by atoms with van der Waals surface area (Å²) in [5.74, 6) is 0.323. The summed E-state index contributed by atoms with van der Waals surface area (Å²) in [6, 6.07) is 6.87. The van der Waals surface area contributed by atoms with Crippen molar-refractivity contribution in [1.29, 1.82) is 0 Å². The van der Waals surface area contributed by atoms with Crippen LogP contribution in [0.1, 0.15) is 16.8 Å². The normalized spacial score (nSPS) is 25.6. The number of imide groups is 1. The van der Waals surface area contributed by atoms with Gasteiger partial charge in [0, 0.05) is 33.2 Å². The number of allylic oxidation sites excluding steroid dienone is 2. The van der Waals surface area contributed by atoms with Crippen molar-refractivity contribution in [2.24, 2.45) is 28.7 Å². The molecule has 32 heavy (non-hydrogen) atoms. The molecule has 0 radical (unpaired) electrons. The molecule has 0 spiro atoms. The van der Waals surface area contributed by atoms with Crippen LogP contribution in [0, 0.1) is 23.7 Å². The van der Waals surface area contributed by atoms with Gasteiger partial charge in [0.25, 0.3) is 5.91 Å². The summed E-state index contributed by atoms with van der Waals surface area (Å²) in [6.45, 7) is 1.56. The van der Waals surface area contributed by atoms with Crippen LogP contribution in [-0.2, 0) is 9.59 Å². The molecule has 2 aliphatic carbocycles. The maximum absolute atomic E-state index is 12.7. The molecular formula is C22H27ClIN5O3. The highest BCUT2D eigenvalue weighted by atomic mass is 127. The van der Waals surface area contributed by atoms with Gasteiger partial charge in [-0.2, -0.15) is 0 Å². The standard InChI is InChI=1S/C22H26ClN5O3.HI/c1-24-22(26-9-8-25-19(29)15-4-2-3-5-16(15)23)27-10-11-28-20(30)17-13-6-7-14(12-13)18(17)21(28)31;/h2-7,13-14,17-18H,8-12H2,1H3,(H,25,29)(H2,24,26,27);1H. The molecule has 4 atom stereocenters. The Bertz CT molecular complexity index is 923. The van der Waals surface area contributed by atoms with Crippen LogP contribution in [0.2, 0.25) is 5.02 Å².